The molecule has 5 heteroatoms. The van der Waals surface area contributed by atoms with Gasteiger partial charge in [-0.3, -0.25) is 4.98 Å². The van der Waals surface area contributed by atoms with Gasteiger partial charge in [0, 0.05) is 12.3 Å². The minimum Gasteiger partial charge on any atom is -0.495 e. The molecule has 14 heavy (non-hydrogen) atoms. The summed E-state index contributed by atoms with van der Waals surface area (Å²) in [5.74, 6) is 0.425. The highest BCUT2D eigenvalue weighted by Crippen LogP contribution is 2.19. The molecule has 0 saturated carbocycles. The predicted octanol–water partition coefficient (Wildman–Crippen LogP) is 2.67. The van der Waals surface area contributed by atoms with Crippen LogP contribution in [0.3, 0.4) is 0 Å². The van der Waals surface area contributed by atoms with Crippen molar-refractivity contribution in [2.45, 2.75) is 6.18 Å². The molecule has 0 fully saturated rings. The van der Waals surface area contributed by atoms with E-state index in [0.717, 1.165) is 6.08 Å². The molecule has 0 amide bonds. The van der Waals surface area contributed by atoms with Crippen LogP contribution in [0.4, 0.5) is 13.2 Å². The SMILES string of the molecule is COc1cncc(/C=C/C(F)(F)F)c1. The maximum atomic E-state index is 11.8. The van der Waals surface area contributed by atoms with Crippen molar-refractivity contribution in [3.05, 3.63) is 30.1 Å². The fourth-order valence-electron chi connectivity index (χ4n) is 0.829. The Hall–Kier alpha value is -1.52. The van der Waals surface area contributed by atoms with Gasteiger partial charge >= 0.3 is 6.18 Å². The van der Waals surface area contributed by atoms with Crippen molar-refractivity contribution < 1.29 is 17.9 Å². The van der Waals surface area contributed by atoms with Crippen LogP contribution in [0.5, 0.6) is 5.75 Å². The highest BCUT2D eigenvalue weighted by atomic mass is 19.4. The average Bonchev–Trinajstić information content (AvgIpc) is 2.14. The summed E-state index contributed by atoms with van der Waals surface area (Å²) >= 11 is 0. The van der Waals surface area contributed by atoms with Crippen molar-refractivity contribution in [2.75, 3.05) is 7.11 Å². The molecule has 1 heterocycles. The molecular weight excluding hydrogens is 195 g/mol. The fourth-order valence-corrected chi connectivity index (χ4v) is 0.829. The van der Waals surface area contributed by atoms with Gasteiger partial charge in [-0.15, -0.1) is 0 Å². The smallest absolute Gasteiger partial charge is 0.409 e. The number of aromatic nitrogens is 1. The molecular formula is C9H8F3NO. The third kappa shape index (κ3) is 3.47. The van der Waals surface area contributed by atoms with Gasteiger partial charge in [0.25, 0.3) is 0 Å². The van der Waals surface area contributed by atoms with E-state index in [0.29, 0.717) is 11.3 Å². The number of alkyl halides is 3. The zero-order valence-corrected chi connectivity index (χ0v) is 7.38. The number of methoxy groups -OCH3 is 1. The van der Waals surface area contributed by atoms with E-state index in [1.165, 1.54) is 25.6 Å². The van der Waals surface area contributed by atoms with Crippen LogP contribution in [0, 0.1) is 0 Å². The molecule has 0 spiro atoms. The van der Waals surface area contributed by atoms with Crippen LogP contribution in [0.15, 0.2) is 24.5 Å². The first-order valence-corrected chi connectivity index (χ1v) is 3.76. The Morgan fingerprint density at radius 3 is 2.64 bits per heavy atom. The second-order valence-corrected chi connectivity index (χ2v) is 2.53. The van der Waals surface area contributed by atoms with Gasteiger partial charge in [0.15, 0.2) is 0 Å². The minimum atomic E-state index is -4.30. The van der Waals surface area contributed by atoms with E-state index >= 15 is 0 Å². The zero-order valence-electron chi connectivity index (χ0n) is 7.38. The average molecular weight is 203 g/mol. The summed E-state index contributed by atoms with van der Waals surface area (Å²) in [7, 11) is 1.42. The molecule has 2 nitrogen and oxygen atoms in total. The Labute approximate surface area is 79.0 Å². The molecule has 0 atom stereocenters. The van der Waals surface area contributed by atoms with Crippen molar-refractivity contribution in [1.29, 1.82) is 0 Å². The lowest BCUT2D eigenvalue weighted by Crippen LogP contribution is -2.00. The number of pyridine rings is 1. The molecule has 1 aromatic heterocycles. The van der Waals surface area contributed by atoms with Gasteiger partial charge in [0.2, 0.25) is 0 Å². The maximum Gasteiger partial charge on any atom is 0.409 e. The van der Waals surface area contributed by atoms with Gasteiger partial charge in [0.1, 0.15) is 5.75 Å². The van der Waals surface area contributed by atoms with E-state index in [1.807, 2.05) is 0 Å². The van der Waals surface area contributed by atoms with Crippen LogP contribution >= 0.6 is 0 Å². The molecule has 0 saturated heterocycles. The molecule has 0 N–H and O–H groups in total. The fraction of sp³-hybridized carbons (Fsp3) is 0.222. The lowest BCUT2D eigenvalue weighted by molar-refractivity contribution is -0.0790. The number of allylic oxidation sites excluding steroid dienone is 1. The third-order valence-corrected chi connectivity index (χ3v) is 1.43. The van der Waals surface area contributed by atoms with E-state index in [9.17, 15) is 13.2 Å². The molecule has 1 aromatic rings. The standard InChI is InChI=1S/C9H8F3NO/c1-14-8-4-7(5-13-6-8)2-3-9(10,11)12/h2-6H,1H3/b3-2+. The molecule has 0 aliphatic carbocycles. The van der Waals surface area contributed by atoms with E-state index in [4.69, 9.17) is 4.74 Å². The van der Waals surface area contributed by atoms with E-state index in [2.05, 4.69) is 4.98 Å². The molecule has 0 bridgehead atoms. The number of nitrogens with zero attached hydrogens (tertiary/aromatic N) is 1. The monoisotopic (exact) mass is 203 g/mol. The summed E-state index contributed by atoms with van der Waals surface area (Å²) in [6.07, 6.45) is -0.461. The summed E-state index contributed by atoms with van der Waals surface area (Å²) in [5.41, 5.74) is 0.349. The van der Waals surface area contributed by atoms with Crippen molar-refractivity contribution in [3.63, 3.8) is 0 Å². The predicted molar refractivity (Wildman–Crippen MR) is 45.9 cm³/mol. The van der Waals surface area contributed by atoms with Crippen LogP contribution in [0.2, 0.25) is 0 Å². The summed E-state index contributed by atoms with van der Waals surface area (Å²) in [5, 5.41) is 0. The highest BCUT2D eigenvalue weighted by Gasteiger charge is 2.21. The molecule has 76 valence electrons. The lowest BCUT2D eigenvalue weighted by Gasteiger charge is -2.00. The first kappa shape index (κ1) is 10.6. The molecule has 0 aromatic carbocycles. The Bertz CT molecular complexity index is 333. The van der Waals surface area contributed by atoms with Gasteiger partial charge < -0.3 is 4.74 Å². The van der Waals surface area contributed by atoms with Gasteiger partial charge in [-0.1, -0.05) is 0 Å². The summed E-state index contributed by atoms with van der Waals surface area (Å²) in [6, 6.07) is 1.47. The number of rotatable bonds is 2. The van der Waals surface area contributed by atoms with Gasteiger partial charge in [0.05, 0.1) is 13.3 Å². The van der Waals surface area contributed by atoms with Crippen molar-refractivity contribution >= 4 is 6.08 Å². The van der Waals surface area contributed by atoms with Crippen molar-refractivity contribution in [2.24, 2.45) is 0 Å². The van der Waals surface area contributed by atoms with Crippen LogP contribution in [0.25, 0.3) is 6.08 Å². The second-order valence-electron chi connectivity index (χ2n) is 2.53. The topological polar surface area (TPSA) is 22.1 Å². The second kappa shape index (κ2) is 4.13. The van der Waals surface area contributed by atoms with Gasteiger partial charge in [-0.2, -0.15) is 13.2 Å². The van der Waals surface area contributed by atoms with E-state index in [-0.39, 0.29) is 6.08 Å². The van der Waals surface area contributed by atoms with Crippen LogP contribution in [-0.4, -0.2) is 18.3 Å². The largest absolute Gasteiger partial charge is 0.495 e. The Morgan fingerprint density at radius 1 is 1.36 bits per heavy atom. The van der Waals surface area contributed by atoms with E-state index < -0.39 is 6.18 Å². The number of halogens is 3. The normalized spacial score (nSPS) is 12.0. The first-order chi connectivity index (χ1) is 6.51. The van der Waals surface area contributed by atoms with Gasteiger partial charge in [-0.05, 0) is 17.7 Å². The molecule has 1 rings (SSSR count). The Kier molecular flexibility index (Phi) is 3.11. The van der Waals surface area contributed by atoms with Crippen LogP contribution in [-0.2, 0) is 0 Å². The van der Waals surface area contributed by atoms with E-state index in [1.54, 1.807) is 0 Å². The number of ether oxygens (including phenoxy) is 1. The molecule has 0 aliphatic rings. The van der Waals surface area contributed by atoms with Crippen LogP contribution < -0.4 is 4.74 Å². The highest BCUT2D eigenvalue weighted by molar-refractivity contribution is 5.50. The summed E-state index contributed by atoms with van der Waals surface area (Å²) < 4.78 is 40.2. The van der Waals surface area contributed by atoms with Crippen molar-refractivity contribution in [3.8, 4) is 5.75 Å². The maximum absolute atomic E-state index is 11.8. The quantitative estimate of drug-likeness (QED) is 0.737. The number of hydrogen-bond acceptors (Lipinski definition) is 2. The Morgan fingerprint density at radius 2 is 2.07 bits per heavy atom. The zero-order chi connectivity index (χ0) is 10.6. The van der Waals surface area contributed by atoms with Gasteiger partial charge in [-0.25, -0.2) is 0 Å². The first-order valence-electron chi connectivity index (χ1n) is 3.76. The molecule has 0 aliphatic heterocycles. The number of hydrogen-bond donors (Lipinski definition) is 0. The molecule has 0 unspecified atom stereocenters. The minimum absolute atomic E-state index is 0.156. The summed E-state index contributed by atoms with van der Waals surface area (Å²) in [4.78, 5) is 3.71. The van der Waals surface area contributed by atoms with Crippen LogP contribution in [0.1, 0.15) is 5.56 Å². The lowest BCUT2D eigenvalue weighted by atomic mass is 10.2. The summed E-state index contributed by atoms with van der Waals surface area (Å²) in [6.45, 7) is 0. The molecule has 0 radical (unpaired) electrons. The third-order valence-electron chi connectivity index (χ3n) is 1.43. The Balaban J connectivity index is 2.82. The van der Waals surface area contributed by atoms with Crippen molar-refractivity contribution in [1.82, 2.24) is 4.98 Å².